The quantitative estimate of drug-likeness (QED) is 0.581. The fourth-order valence-electron chi connectivity index (χ4n) is 2.68. The van der Waals surface area contributed by atoms with Gasteiger partial charge >= 0.3 is 6.03 Å². The van der Waals surface area contributed by atoms with Crippen LogP contribution in [0.4, 0.5) is 10.5 Å². The summed E-state index contributed by atoms with van der Waals surface area (Å²) in [5.74, 6) is 0. The zero-order valence-corrected chi connectivity index (χ0v) is 18.7. The molecule has 0 unspecified atom stereocenters. The lowest BCUT2D eigenvalue weighted by Gasteiger charge is -2.13. The number of rotatable bonds is 7. The van der Waals surface area contributed by atoms with Gasteiger partial charge in [-0.1, -0.05) is 35.9 Å². The molecule has 0 radical (unpaired) electrons. The SMILES string of the molecule is Cc1ccc(-c2nc(CCNC(=O)Nc3cccc(S(=O)(=O)N(C)C)c3)cs2)cc1. The van der Waals surface area contributed by atoms with Crippen molar-refractivity contribution >= 4 is 33.1 Å². The van der Waals surface area contributed by atoms with Gasteiger partial charge < -0.3 is 10.6 Å². The molecular formula is C21H24N4O3S2. The number of nitrogens with zero attached hydrogens (tertiary/aromatic N) is 2. The standard InChI is InChI=1S/C21H24N4O3S2/c1-15-7-9-16(10-8-15)20-23-18(14-29-20)11-12-22-21(26)24-17-5-4-6-19(13-17)30(27,28)25(2)3/h4-10,13-14H,11-12H2,1-3H3,(H2,22,24,26). The second-order valence-electron chi connectivity index (χ2n) is 6.96. The maximum absolute atomic E-state index is 12.2. The number of hydrogen-bond acceptors (Lipinski definition) is 5. The highest BCUT2D eigenvalue weighted by Gasteiger charge is 2.17. The summed E-state index contributed by atoms with van der Waals surface area (Å²) in [5.41, 5.74) is 3.60. The van der Waals surface area contributed by atoms with Gasteiger partial charge in [0.05, 0.1) is 10.6 Å². The molecule has 0 spiro atoms. The van der Waals surface area contributed by atoms with Crippen molar-refractivity contribution in [3.05, 3.63) is 65.2 Å². The normalized spacial score (nSPS) is 11.5. The van der Waals surface area contributed by atoms with Crippen LogP contribution >= 0.6 is 11.3 Å². The minimum absolute atomic E-state index is 0.122. The Balaban J connectivity index is 1.53. The Morgan fingerprint density at radius 2 is 1.87 bits per heavy atom. The van der Waals surface area contributed by atoms with E-state index in [2.05, 4.69) is 27.8 Å². The molecule has 1 aromatic heterocycles. The van der Waals surface area contributed by atoms with Crippen molar-refractivity contribution in [3.63, 3.8) is 0 Å². The van der Waals surface area contributed by atoms with Crippen LogP contribution in [0.3, 0.4) is 0 Å². The van der Waals surface area contributed by atoms with Crippen LogP contribution in [0.5, 0.6) is 0 Å². The lowest BCUT2D eigenvalue weighted by Crippen LogP contribution is -2.30. The first-order chi connectivity index (χ1) is 14.3. The monoisotopic (exact) mass is 444 g/mol. The Kier molecular flexibility index (Phi) is 6.86. The summed E-state index contributed by atoms with van der Waals surface area (Å²) in [6.45, 7) is 2.46. The van der Waals surface area contributed by atoms with Gasteiger partial charge in [0.2, 0.25) is 10.0 Å². The maximum Gasteiger partial charge on any atom is 0.319 e. The molecular weight excluding hydrogens is 420 g/mol. The summed E-state index contributed by atoms with van der Waals surface area (Å²) in [4.78, 5) is 16.9. The first kappa shape index (κ1) is 21.9. The number of aryl methyl sites for hydroxylation is 1. The van der Waals surface area contributed by atoms with E-state index in [-0.39, 0.29) is 4.90 Å². The predicted octanol–water partition coefficient (Wildman–Crippen LogP) is 3.73. The summed E-state index contributed by atoms with van der Waals surface area (Å²) in [6.07, 6.45) is 0.602. The lowest BCUT2D eigenvalue weighted by atomic mass is 10.2. The van der Waals surface area contributed by atoms with Gasteiger partial charge in [-0.3, -0.25) is 0 Å². The van der Waals surface area contributed by atoms with Gasteiger partial charge in [-0.25, -0.2) is 22.5 Å². The van der Waals surface area contributed by atoms with Crippen LogP contribution in [0.25, 0.3) is 10.6 Å². The van der Waals surface area contributed by atoms with Crippen molar-refractivity contribution in [2.24, 2.45) is 0 Å². The predicted molar refractivity (Wildman–Crippen MR) is 120 cm³/mol. The van der Waals surface area contributed by atoms with Gasteiger partial charge in [0.15, 0.2) is 0 Å². The van der Waals surface area contributed by atoms with Crippen molar-refractivity contribution in [2.45, 2.75) is 18.2 Å². The van der Waals surface area contributed by atoms with Gasteiger partial charge in [0.25, 0.3) is 0 Å². The number of aromatic nitrogens is 1. The molecule has 2 aromatic carbocycles. The molecule has 0 saturated carbocycles. The molecule has 30 heavy (non-hydrogen) atoms. The van der Waals surface area contributed by atoms with Crippen molar-refractivity contribution in [2.75, 3.05) is 26.0 Å². The third kappa shape index (κ3) is 5.44. The molecule has 0 aliphatic heterocycles. The summed E-state index contributed by atoms with van der Waals surface area (Å²) >= 11 is 1.58. The molecule has 158 valence electrons. The van der Waals surface area contributed by atoms with Crippen LogP contribution in [-0.2, 0) is 16.4 Å². The molecule has 0 aliphatic carbocycles. The van der Waals surface area contributed by atoms with E-state index in [9.17, 15) is 13.2 Å². The summed E-state index contributed by atoms with van der Waals surface area (Å²) in [6, 6.07) is 14.0. The van der Waals surface area contributed by atoms with E-state index in [1.165, 1.54) is 31.8 Å². The zero-order chi connectivity index (χ0) is 21.7. The Labute approximate surface area is 180 Å². The molecule has 3 rings (SSSR count). The molecule has 1 heterocycles. The van der Waals surface area contributed by atoms with E-state index in [0.717, 1.165) is 20.6 Å². The van der Waals surface area contributed by atoms with Crippen LogP contribution in [0, 0.1) is 6.92 Å². The molecule has 7 nitrogen and oxygen atoms in total. The molecule has 0 aliphatic rings. The number of amides is 2. The Hall–Kier alpha value is -2.75. The van der Waals surface area contributed by atoms with Crippen LogP contribution in [0.1, 0.15) is 11.3 Å². The summed E-state index contributed by atoms with van der Waals surface area (Å²) in [5, 5.41) is 8.38. The topological polar surface area (TPSA) is 91.4 Å². The number of urea groups is 1. The van der Waals surface area contributed by atoms with Crippen LogP contribution in [0.2, 0.25) is 0 Å². The van der Waals surface area contributed by atoms with E-state index >= 15 is 0 Å². The summed E-state index contributed by atoms with van der Waals surface area (Å²) < 4.78 is 25.6. The number of hydrogen-bond donors (Lipinski definition) is 2. The van der Waals surface area contributed by atoms with E-state index in [0.29, 0.717) is 18.7 Å². The third-order valence-corrected chi connectivity index (χ3v) is 7.14. The van der Waals surface area contributed by atoms with E-state index in [4.69, 9.17) is 0 Å². The van der Waals surface area contributed by atoms with E-state index < -0.39 is 16.1 Å². The second-order valence-corrected chi connectivity index (χ2v) is 9.97. The smallest absolute Gasteiger partial charge is 0.319 e. The van der Waals surface area contributed by atoms with Crippen LogP contribution in [0.15, 0.2) is 58.8 Å². The van der Waals surface area contributed by atoms with Gasteiger partial charge in [-0.2, -0.15) is 0 Å². The zero-order valence-electron chi connectivity index (χ0n) is 17.0. The highest BCUT2D eigenvalue weighted by molar-refractivity contribution is 7.89. The van der Waals surface area contributed by atoms with Crippen LogP contribution in [-0.4, -0.2) is 44.4 Å². The molecule has 3 aromatic rings. The highest BCUT2D eigenvalue weighted by atomic mass is 32.2. The van der Waals surface area contributed by atoms with Gasteiger partial charge in [-0.05, 0) is 25.1 Å². The fourth-order valence-corrected chi connectivity index (χ4v) is 4.48. The Morgan fingerprint density at radius 1 is 1.13 bits per heavy atom. The molecule has 0 atom stereocenters. The number of anilines is 1. The first-order valence-corrected chi connectivity index (χ1v) is 11.7. The van der Waals surface area contributed by atoms with Crippen molar-refractivity contribution in [1.82, 2.24) is 14.6 Å². The van der Waals surface area contributed by atoms with Gasteiger partial charge in [-0.15, -0.1) is 11.3 Å². The van der Waals surface area contributed by atoms with Crippen LogP contribution < -0.4 is 10.6 Å². The number of nitrogens with one attached hydrogen (secondary N) is 2. The average molecular weight is 445 g/mol. The molecule has 0 bridgehead atoms. The average Bonchev–Trinajstić information content (AvgIpc) is 3.17. The highest BCUT2D eigenvalue weighted by Crippen LogP contribution is 2.24. The number of carbonyl (C=O) groups is 1. The lowest BCUT2D eigenvalue weighted by molar-refractivity contribution is 0.252. The minimum atomic E-state index is -3.56. The van der Waals surface area contributed by atoms with Crippen molar-refractivity contribution in [3.8, 4) is 10.6 Å². The number of benzene rings is 2. The first-order valence-electron chi connectivity index (χ1n) is 9.34. The maximum atomic E-state index is 12.2. The molecule has 9 heteroatoms. The Morgan fingerprint density at radius 3 is 2.57 bits per heavy atom. The largest absolute Gasteiger partial charge is 0.337 e. The molecule has 2 N–H and O–H groups in total. The number of carbonyl (C=O) groups excluding carboxylic acids is 1. The second kappa shape index (κ2) is 9.38. The fraction of sp³-hybridized carbons (Fsp3) is 0.238. The summed E-state index contributed by atoms with van der Waals surface area (Å²) in [7, 11) is -0.630. The van der Waals surface area contributed by atoms with Crippen molar-refractivity contribution in [1.29, 1.82) is 0 Å². The molecule has 0 fully saturated rings. The third-order valence-electron chi connectivity index (χ3n) is 4.39. The van der Waals surface area contributed by atoms with E-state index in [1.807, 2.05) is 24.4 Å². The van der Waals surface area contributed by atoms with E-state index in [1.54, 1.807) is 23.5 Å². The Bertz CT molecular complexity index is 1120. The van der Waals surface area contributed by atoms with Gasteiger partial charge in [0.1, 0.15) is 5.01 Å². The van der Waals surface area contributed by atoms with Gasteiger partial charge in [0, 0.05) is 43.7 Å². The van der Waals surface area contributed by atoms with Crippen molar-refractivity contribution < 1.29 is 13.2 Å². The molecule has 0 saturated heterocycles. The number of sulfonamides is 1. The number of thiazole rings is 1. The minimum Gasteiger partial charge on any atom is -0.337 e. The molecule has 2 amide bonds.